The number of benzene rings is 1. The number of halogens is 1. The molecule has 0 amide bonds. The number of hydrogen-bond donors (Lipinski definition) is 1. The van der Waals surface area contributed by atoms with E-state index >= 15 is 0 Å². The molecule has 0 saturated carbocycles. The summed E-state index contributed by atoms with van der Waals surface area (Å²) in [7, 11) is 0. The van der Waals surface area contributed by atoms with Crippen molar-refractivity contribution in [2.45, 2.75) is 27.3 Å². The number of rotatable bonds is 3. The SMILES string of the molecule is CCn1cc(C)nc1Nc1cc(C)cc(Br)c1. The van der Waals surface area contributed by atoms with Crippen molar-refractivity contribution in [1.82, 2.24) is 9.55 Å². The summed E-state index contributed by atoms with van der Waals surface area (Å²) in [5.41, 5.74) is 3.30. The summed E-state index contributed by atoms with van der Waals surface area (Å²) >= 11 is 3.50. The fourth-order valence-electron chi connectivity index (χ4n) is 1.83. The Balaban J connectivity index is 2.30. The second-order valence-corrected chi connectivity index (χ2v) is 5.05. The van der Waals surface area contributed by atoms with E-state index < -0.39 is 0 Å². The van der Waals surface area contributed by atoms with Crippen LogP contribution in [-0.4, -0.2) is 9.55 Å². The van der Waals surface area contributed by atoms with Gasteiger partial charge in [0, 0.05) is 22.9 Å². The van der Waals surface area contributed by atoms with Gasteiger partial charge in [-0.2, -0.15) is 0 Å². The van der Waals surface area contributed by atoms with E-state index in [1.807, 2.05) is 13.1 Å². The Morgan fingerprint density at radius 3 is 2.71 bits per heavy atom. The highest BCUT2D eigenvalue weighted by atomic mass is 79.9. The Kier molecular flexibility index (Phi) is 3.52. The van der Waals surface area contributed by atoms with Crippen LogP contribution in [0.1, 0.15) is 18.2 Å². The highest BCUT2D eigenvalue weighted by molar-refractivity contribution is 9.10. The molecule has 0 unspecified atom stereocenters. The van der Waals surface area contributed by atoms with Crippen molar-refractivity contribution in [3.8, 4) is 0 Å². The van der Waals surface area contributed by atoms with Gasteiger partial charge in [0.05, 0.1) is 5.69 Å². The van der Waals surface area contributed by atoms with Crippen LogP contribution in [0.4, 0.5) is 11.6 Å². The lowest BCUT2D eigenvalue weighted by atomic mass is 10.2. The molecule has 0 saturated heterocycles. The van der Waals surface area contributed by atoms with Crippen LogP contribution in [0.3, 0.4) is 0 Å². The minimum Gasteiger partial charge on any atom is -0.326 e. The zero-order valence-electron chi connectivity index (χ0n) is 10.3. The van der Waals surface area contributed by atoms with Gasteiger partial charge in [0.2, 0.25) is 5.95 Å². The second-order valence-electron chi connectivity index (χ2n) is 4.13. The van der Waals surface area contributed by atoms with E-state index in [-0.39, 0.29) is 0 Å². The number of aryl methyl sites for hydroxylation is 3. The van der Waals surface area contributed by atoms with Crippen LogP contribution in [0.5, 0.6) is 0 Å². The van der Waals surface area contributed by atoms with Gasteiger partial charge in [-0.25, -0.2) is 4.98 Å². The molecule has 0 bridgehead atoms. The van der Waals surface area contributed by atoms with E-state index in [2.05, 4.69) is 62.8 Å². The molecular weight excluding hydrogens is 278 g/mol. The molecule has 2 aromatic rings. The molecule has 0 aliphatic rings. The maximum Gasteiger partial charge on any atom is 0.207 e. The van der Waals surface area contributed by atoms with Gasteiger partial charge >= 0.3 is 0 Å². The Morgan fingerprint density at radius 2 is 2.06 bits per heavy atom. The first kappa shape index (κ1) is 12.2. The summed E-state index contributed by atoms with van der Waals surface area (Å²) in [5, 5.41) is 3.35. The van der Waals surface area contributed by atoms with E-state index in [4.69, 9.17) is 0 Å². The molecule has 0 spiro atoms. The summed E-state index contributed by atoms with van der Waals surface area (Å²) in [5.74, 6) is 0.891. The minimum absolute atomic E-state index is 0.891. The van der Waals surface area contributed by atoms with Crippen molar-refractivity contribution in [3.63, 3.8) is 0 Å². The lowest BCUT2D eigenvalue weighted by molar-refractivity contribution is 0.771. The first-order valence-corrected chi connectivity index (χ1v) is 6.46. The zero-order chi connectivity index (χ0) is 12.4. The molecule has 90 valence electrons. The van der Waals surface area contributed by atoms with Crippen molar-refractivity contribution in [2.75, 3.05) is 5.32 Å². The van der Waals surface area contributed by atoms with Crippen LogP contribution in [0.15, 0.2) is 28.9 Å². The molecule has 17 heavy (non-hydrogen) atoms. The van der Waals surface area contributed by atoms with Crippen molar-refractivity contribution in [1.29, 1.82) is 0 Å². The molecule has 1 aromatic heterocycles. The summed E-state index contributed by atoms with van der Waals surface area (Å²) in [6.45, 7) is 7.10. The maximum absolute atomic E-state index is 4.47. The fourth-order valence-corrected chi connectivity index (χ4v) is 2.43. The third-order valence-corrected chi connectivity index (χ3v) is 2.99. The van der Waals surface area contributed by atoms with Gasteiger partial charge in [0.15, 0.2) is 0 Å². The van der Waals surface area contributed by atoms with E-state index in [1.165, 1.54) is 5.56 Å². The average Bonchev–Trinajstić information content (AvgIpc) is 2.57. The van der Waals surface area contributed by atoms with Crippen LogP contribution in [-0.2, 0) is 6.54 Å². The van der Waals surface area contributed by atoms with Gasteiger partial charge in [-0.1, -0.05) is 15.9 Å². The largest absolute Gasteiger partial charge is 0.326 e. The van der Waals surface area contributed by atoms with Crippen LogP contribution in [0, 0.1) is 13.8 Å². The molecule has 0 aliphatic carbocycles. The molecule has 1 N–H and O–H groups in total. The first-order chi connectivity index (χ1) is 8.08. The lowest BCUT2D eigenvalue weighted by Crippen LogP contribution is -2.01. The molecule has 4 heteroatoms. The van der Waals surface area contributed by atoms with E-state index in [0.29, 0.717) is 0 Å². The summed E-state index contributed by atoms with van der Waals surface area (Å²) in [4.78, 5) is 4.47. The number of hydrogen-bond acceptors (Lipinski definition) is 2. The van der Waals surface area contributed by atoms with Gasteiger partial charge in [-0.3, -0.25) is 0 Å². The molecule has 3 nitrogen and oxygen atoms in total. The highest BCUT2D eigenvalue weighted by Gasteiger charge is 2.05. The summed E-state index contributed by atoms with van der Waals surface area (Å²) in [6.07, 6.45) is 2.05. The van der Waals surface area contributed by atoms with Crippen molar-refractivity contribution >= 4 is 27.6 Å². The number of anilines is 2. The van der Waals surface area contributed by atoms with Gasteiger partial charge < -0.3 is 9.88 Å². The number of nitrogens with one attached hydrogen (secondary N) is 1. The minimum atomic E-state index is 0.891. The summed E-state index contributed by atoms with van der Waals surface area (Å²) in [6, 6.07) is 6.24. The molecule has 1 aromatic carbocycles. The highest BCUT2D eigenvalue weighted by Crippen LogP contribution is 2.22. The quantitative estimate of drug-likeness (QED) is 0.926. The topological polar surface area (TPSA) is 29.9 Å². The molecule has 0 radical (unpaired) electrons. The molecule has 1 heterocycles. The molecule has 0 fully saturated rings. The van der Waals surface area contributed by atoms with Crippen LogP contribution in [0.25, 0.3) is 0 Å². The number of aromatic nitrogens is 2. The summed E-state index contributed by atoms with van der Waals surface area (Å²) < 4.78 is 3.18. The van der Waals surface area contributed by atoms with Gasteiger partial charge in [-0.15, -0.1) is 0 Å². The maximum atomic E-state index is 4.47. The number of nitrogens with zero attached hydrogens (tertiary/aromatic N) is 2. The van der Waals surface area contributed by atoms with E-state index in [9.17, 15) is 0 Å². The predicted octanol–water partition coefficient (Wildman–Crippen LogP) is 4.03. The fraction of sp³-hybridized carbons (Fsp3) is 0.308. The van der Waals surface area contributed by atoms with E-state index in [0.717, 1.165) is 28.3 Å². The monoisotopic (exact) mass is 293 g/mol. The Labute approximate surface area is 110 Å². The van der Waals surface area contributed by atoms with Gasteiger partial charge in [-0.05, 0) is 44.5 Å². The third-order valence-electron chi connectivity index (χ3n) is 2.54. The van der Waals surface area contributed by atoms with Crippen LogP contribution < -0.4 is 5.32 Å². The average molecular weight is 294 g/mol. The number of imidazole rings is 1. The van der Waals surface area contributed by atoms with Crippen LogP contribution in [0.2, 0.25) is 0 Å². The third kappa shape index (κ3) is 2.88. The normalized spacial score (nSPS) is 10.6. The molecule has 0 aliphatic heterocycles. The second kappa shape index (κ2) is 4.92. The first-order valence-electron chi connectivity index (χ1n) is 5.66. The van der Waals surface area contributed by atoms with Crippen molar-refractivity contribution in [2.24, 2.45) is 0 Å². The molecule has 0 atom stereocenters. The van der Waals surface area contributed by atoms with Crippen molar-refractivity contribution in [3.05, 3.63) is 40.1 Å². The smallest absolute Gasteiger partial charge is 0.207 e. The van der Waals surface area contributed by atoms with Gasteiger partial charge in [0.1, 0.15) is 0 Å². The Hall–Kier alpha value is -1.29. The zero-order valence-corrected chi connectivity index (χ0v) is 11.9. The molecular formula is C13H16BrN3. The molecule has 2 rings (SSSR count). The van der Waals surface area contributed by atoms with Gasteiger partial charge in [0.25, 0.3) is 0 Å². The van der Waals surface area contributed by atoms with E-state index in [1.54, 1.807) is 0 Å². The lowest BCUT2D eigenvalue weighted by Gasteiger charge is -2.09. The Bertz CT molecular complexity index is 511. The predicted molar refractivity (Wildman–Crippen MR) is 74.8 cm³/mol. The standard InChI is InChI=1S/C13H16BrN3/c1-4-17-8-10(3)15-13(17)16-12-6-9(2)5-11(14)7-12/h5-8H,4H2,1-3H3,(H,15,16). The Morgan fingerprint density at radius 1 is 1.29 bits per heavy atom. The van der Waals surface area contributed by atoms with Crippen LogP contribution >= 0.6 is 15.9 Å². The van der Waals surface area contributed by atoms with Crippen molar-refractivity contribution < 1.29 is 0 Å².